The lowest BCUT2D eigenvalue weighted by atomic mass is 10.1. The van der Waals surface area contributed by atoms with Crippen LogP contribution in [0.15, 0.2) is 48.5 Å². The summed E-state index contributed by atoms with van der Waals surface area (Å²) in [5.41, 5.74) is 1.97. The van der Waals surface area contributed by atoms with Crippen LogP contribution in [-0.4, -0.2) is 11.1 Å². The number of hydrogen-bond acceptors (Lipinski definition) is 2. The Morgan fingerprint density at radius 1 is 1.25 bits per heavy atom. The van der Waals surface area contributed by atoms with E-state index in [2.05, 4.69) is 5.32 Å². The van der Waals surface area contributed by atoms with Crippen molar-refractivity contribution in [3.05, 3.63) is 71.0 Å². The lowest BCUT2D eigenvalue weighted by Crippen LogP contribution is -2.28. The Labute approximate surface area is 117 Å². The van der Waals surface area contributed by atoms with Crippen molar-refractivity contribution >= 4 is 5.97 Å². The molecular formula is C16H16FNO2. The molecule has 0 aliphatic carbocycles. The smallest absolute Gasteiger partial charge is 0.325 e. The van der Waals surface area contributed by atoms with Crippen LogP contribution in [-0.2, 0) is 11.3 Å². The molecule has 0 spiro atoms. The van der Waals surface area contributed by atoms with Crippen molar-refractivity contribution in [1.29, 1.82) is 0 Å². The Kier molecular flexibility index (Phi) is 4.48. The lowest BCUT2D eigenvalue weighted by Gasteiger charge is -2.15. The summed E-state index contributed by atoms with van der Waals surface area (Å²) in [4.78, 5) is 11.3. The molecule has 1 unspecified atom stereocenters. The van der Waals surface area contributed by atoms with Gasteiger partial charge in [-0.05, 0) is 29.7 Å². The molecule has 2 aromatic rings. The molecule has 0 radical (unpaired) electrons. The van der Waals surface area contributed by atoms with E-state index in [1.54, 1.807) is 43.3 Å². The summed E-state index contributed by atoms with van der Waals surface area (Å²) in [7, 11) is 0. The van der Waals surface area contributed by atoms with E-state index >= 15 is 0 Å². The molecule has 0 aliphatic heterocycles. The highest BCUT2D eigenvalue weighted by atomic mass is 19.1. The Balaban J connectivity index is 2.10. The van der Waals surface area contributed by atoms with Crippen LogP contribution in [0.5, 0.6) is 0 Å². The van der Waals surface area contributed by atoms with Gasteiger partial charge in [0.15, 0.2) is 0 Å². The molecule has 2 rings (SSSR count). The van der Waals surface area contributed by atoms with E-state index in [1.807, 2.05) is 6.07 Å². The van der Waals surface area contributed by atoms with E-state index in [4.69, 9.17) is 0 Å². The maximum atomic E-state index is 13.4. The maximum Gasteiger partial charge on any atom is 0.325 e. The van der Waals surface area contributed by atoms with Crippen LogP contribution >= 0.6 is 0 Å². The average molecular weight is 273 g/mol. The van der Waals surface area contributed by atoms with Gasteiger partial charge in [-0.3, -0.25) is 10.1 Å². The van der Waals surface area contributed by atoms with Crippen molar-refractivity contribution in [2.45, 2.75) is 19.5 Å². The third kappa shape index (κ3) is 3.42. The van der Waals surface area contributed by atoms with Crippen LogP contribution < -0.4 is 5.32 Å². The van der Waals surface area contributed by atoms with Crippen molar-refractivity contribution in [1.82, 2.24) is 5.32 Å². The van der Waals surface area contributed by atoms with Gasteiger partial charge in [-0.1, -0.05) is 42.5 Å². The molecule has 2 aromatic carbocycles. The van der Waals surface area contributed by atoms with Gasteiger partial charge in [-0.15, -0.1) is 0 Å². The van der Waals surface area contributed by atoms with Crippen molar-refractivity contribution < 1.29 is 14.3 Å². The van der Waals surface area contributed by atoms with Crippen LogP contribution in [0.1, 0.15) is 22.7 Å². The fourth-order valence-electron chi connectivity index (χ4n) is 1.96. The fraction of sp³-hybridized carbons (Fsp3) is 0.188. The van der Waals surface area contributed by atoms with E-state index in [0.29, 0.717) is 17.7 Å². The second kappa shape index (κ2) is 6.30. The summed E-state index contributed by atoms with van der Waals surface area (Å²) in [5.74, 6) is -1.24. The zero-order chi connectivity index (χ0) is 14.5. The minimum atomic E-state index is -0.955. The van der Waals surface area contributed by atoms with Crippen LogP contribution in [0.3, 0.4) is 0 Å². The molecule has 1 atom stereocenters. The summed E-state index contributed by atoms with van der Waals surface area (Å²) in [6.45, 7) is 1.99. The second-order valence-electron chi connectivity index (χ2n) is 4.65. The van der Waals surface area contributed by atoms with Gasteiger partial charge in [-0.2, -0.15) is 0 Å². The molecule has 2 N–H and O–H groups in total. The van der Waals surface area contributed by atoms with Gasteiger partial charge in [0.05, 0.1) is 0 Å². The molecule has 0 fully saturated rings. The summed E-state index contributed by atoms with van der Waals surface area (Å²) in [6, 6.07) is 13.0. The number of nitrogens with one attached hydrogen (secondary N) is 1. The fourth-order valence-corrected chi connectivity index (χ4v) is 1.96. The second-order valence-corrected chi connectivity index (χ2v) is 4.65. The predicted molar refractivity (Wildman–Crippen MR) is 74.8 cm³/mol. The zero-order valence-electron chi connectivity index (χ0n) is 11.1. The minimum Gasteiger partial charge on any atom is -0.480 e. The highest BCUT2D eigenvalue weighted by molar-refractivity contribution is 5.75. The van der Waals surface area contributed by atoms with Crippen LogP contribution in [0.2, 0.25) is 0 Å². The molecule has 104 valence electrons. The number of carboxylic acid groups (broad SMARTS) is 1. The molecule has 3 nitrogen and oxygen atoms in total. The Bertz CT molecular complexity index is 599. The number of halogens is 1. The number of hydrogen-bond donors (Lipinski definition) is 2. The first-order valence-electron chi connectivity index (χ1n) is 6.34. The van der Waals surface area contributed by atoms with Crippen molar-refractivity contribution in [2.75, 3.05) is 0 Å². The number of benzene rings is 2. The van der Waals surface area contributed by atoms with Crippen LogP contribution in [0.4, 0.5) is 4.39 Å². The van der Waals surface area contributed by atoms with Gasteiger partial charge >= 0.3 is 5.97 Å². The summed E-state index contributed by atoms with van der Waals surface area (Å²) in [5, 5.41) is 12.2. The zero-order valence-corrected chi connectivity index (χ0v) is 11.1. The molecule has 0 aromatic heterocycles. The van der Waals surface area contributed by atoms with Gasteiger partial charge in [0.25, 0.3) is 0 Å². The normalized spacial score (nSPS) is 12.1. The molecule has 0 amide bonds. The molecule has 20 heavy (non-hydrogen) atoms. The van der Waals surface area contributed by atoms with Gasteiger partial charge in [-0.25, -0.2) is 4.39 Å². The number of aryl methyl sites for hydroxylation is 1. The molecular weight excluding hydrogens is 257 g/mol. The van der Waals surface area contributed by atoms with Crippen molar-refractivity contribution in [3.8, 4) is 0 Å². The quantitative estimate of drug-likeness (QED) is 0.880. The molecule has 0 bridgehead atoms. The maximum absolute atomic E-state index is 13.4. The van der Waals surface area contributed by atoms with Gasteiger partial charge in [0, 0.05) is 6.54 Å². The monoisotopic (exact) mass is 273 g/mol. The Morgan fingerprint density at radius 2 is 1.95 bits per heavy atom. The highest BCUT2D eigenvalue weighted by Crippen LogP contribution is 2.15. The van der Waals surface area contributed by atoms with E-state index in [-0.39, 0.29) is 5.82 Å². The minimum absolute atomic E-state index is 0.282. The average Bonchev–Trinajstić information content (AvgIpc) is 2.44. The number of carboxylic acids is 1. The van der Waals surface area contributed by atoms with Crippen molar-refractivity contribution in [2.24, 2.45) is 0 Å². The first-order valence-corrected chi connectivity index (χ1v) is 6.34. The third-order valence-corrected chi connectivity index (χ3v) is 3.13. The third-order valence-electron chi connectivity index (χ3n) is 3.13. The van der Waals surface area contributed by atoms with Gasteiger partial charge in [0.1, 0.15) is 11.9 Å². The Morgan fingerprint density at radius 3 is 2.55 bits per heavy atom. The van der Waals surface area contributed by atoms with E-state index < -0.39 is 12.0 Å². The molecule has 0 saturated heterocycles. The van der Waals surface area contributed by atoms with Gasteiger partial charge in [0.2, 0.25) is 0 Å². The van der Waals surface area contributed by atoms with E-state index in [9.17, 15) is 14.3 Å². The summed E-state index contributed by atoms with van der Waals surface area (Å²) in [6.07, 6.45) is 0. The topological polar surface area (TPSA) is 49.3 Å². The first-order chi connectivity index (χ1) is 9.58. The van der Waals surface area contributed by atoms with E-state index in [1.165, 1.54) is 6.07 Å². The summed E-state index contributed by atoms with van der Waals surface area (Å²) >= 11 is 0. The van der Waals surface area contributed by atoms with E-state index in [0.717, 1.165) is 5.56 Å². The Hall–Kier alpha value is -2.20. The standard InChI is InChI=1S/C16H16FNO2/c1-11-7-8-12(9-14(11)17)10-18-15(16(19)20)13-5-3-2-4-6-13/h2-9,15,18H,10H2,1H3,(H,19,20). The van der Waals surface area contributed by atoms with Crippen LogP contribution in [0, 0.1) is 12.7 Å². The number of rotatable bonds is 5. The molecule has 0 aliphatic rings. The van der Waals surface area contributed by atoms with Gasteiger partial charge < -0.3 is 5.11 Å². The first kappa shape index (κ1) is 14.2. The molecule has 0 heterocycles. The predicted octanol–water partition coefficient (Wildman–Crippen LogP) is 3.05. The molecule has 0 saturated carbocycles. The molecule has 4 heteroatoms. The lowest BCUT2D eigenvalue weighted by molar-refractivity contribution is -0.139. The largest absolute Gasteiger partial charge is 0.480 e. The number of carbonyl (C=O) groups is 1. The highest BCUT2D eigenvalue weighted by Gasteiger charge is 2.18. The van der Waals surface area contributed by atoms with Crippen LogP contribution in [0.25, 0.3) is 0 Å². The van der Waals surface area contributed by atoms with Crippen molar-refractivity contribution in [3.63, 3.8) is 0 Å². The number of aliphatic carboxylic acids is 1. The summed E-state index contributed by atoms with van der Waals surface area (Å²) < 4.78 is 13.4. The SMILES string of the molecule is Cc1ccc(CNC(C(=O)O)c2ccccc2)cc1F.